The molecule has 168 valence electrons. The van der Waals surface area contributed by atoms with Gasteiger partial charge in [0.25, 0.3) is 0 Å². The predicted molar refractivity (Wildman–Crippen MR) is 124 cm³/mol. The average Bonchev–Trinajstić information content (AvgIpc) is 2.89. The number of benzene rings is 1. The third kappa shape index (κ3) is 5.14. The van der Waals surface area contributed by atoms with Crippen molar-refractivity contribution in [2.45, 2.75) is 37.7 Å². The summed E-state index contributed by atoms with van der Waals surface area (Å²) in [6.45, 7) is 5.01. The van der Waals surface area contributed by atoms with E-state index in [-0.39, 0.29) is 16.4 Å². The first-order valence-corrected chi connectivity index (χ1v) is 12.6. The van der Waals surface area contributed by atoms with Crippen LogP contribution in [0.1, 0.15) is 32.0 Å². The summed E-state index contributed by atoms with van der Waals surface area (Å²) in [6.07, 6.45) is 0.463. The number of nitrogens with one attached hydrogen (secondary N) is 1. The first-order chi connectivity index (χ1) is 15.2. The molecule has 1 aromatic heterocycles. The molecule has 2 N–H and O–H groups in total. The molecule has 0 bridgehead atoms. The number of aliphatic hydroxyl groups excluding tert-OH is 1. The number of para-hydroxylation sites is 1. The maximum absolute atomic E-state index is 13.2. The van der Waals surface area contributed by atoms with E-state index in [1.807, 2.05) is 36.4 Å². The number of aliphatic hydroxyl groups is 1. The topological polar surface area (TPSA) is 112 Å². The fourth-order valence-corrected chi connectivity index (χ4v) is 5.56. The zero-order valence-corrected chi connectivity index (χ0v) is 20.5. The number of anilines is 1. The first kappa shape index (κ1) is 23.8. The number of nitrogens with zero attached hydrogens (tertiary/aromatic N) is 3. The van der Waals surface area contributed by atoms with Crippen LogP contribution < -0.4 is 10.2 Å². The second kappa shape index (κ2) is 10.2. The van der Waals surface area contributed by atoms with Crippen LogP contribution in [0.25, 0.3) is 0 Å². The second-order valence-corrected chi connectivity index (χ2v) is 10.7. The van der Waals surface area contributed by atoms with Gasteiger partial charge in [-0.3, -0.25) is 0 Å². The minimum absolute atomic E-state index is 0.226. The van der Waals surface area contributed by atoms with E-state index in [9.17, 15) is 19.5 Å². The Morgan fingerprint density at radius 2 is 1.81 bits per heavy atom. The normalized spacial score (nSPS) is 18.2. The molecule has 0 spiro atoms. The number of benzodiazepines with no additional fused rings is 1. The van der Waals surface area contributed by atoms with Gasteiger partial charge in [0.1, 0.15) is 0 Å². The average molecular weight is 498 g/mol. The molecular formula is C23H27AsN4O4. The number of fused-ring (bicyclic) bond motifs is 1. The number of aromatic nitrogens is 1. The Kier molecular flexibility index (Phi) is 7.59. The molecule has 0 saturated carbocycles. The fourth-order valence-electron chi connectivity index (χ4n) is 3.25. The zero-order valence-electron chi connectivity index (χ0n) is 18.4. The number of carbonyl (C=O) groups is 3. The van der Waals surface area contributed by atoms with Crippen LogP contribution in [-0.2, 0) is 14.4 Å². The van der Waals surface area contributed by atoms with Crippen molar-refractivity contribution >= 4 is 43.5 Å². The van der Waals surface area contributed by atoms with Gasteiger partial charge in [-0.15, -0.1) is 0 Å². The van der Waals surface area contributed by atoms with E-state index in [0.717, 1.165) is 5.56 Å². The van der Waals surface area contributed by atoms with E-state index in [1.165, 1.54) is 4.90 Å². The van der Waals surface area contributed by atoms with Crippen molar-refractivity contribution < 1.29 is 19.5 Å². The summed E-state index contributed by atoms with van der Waals surface area (Å²) in [5, 5.41) is 12.5. The van der Waals surface area contributed by atoms with Crippen LogP contribution in [-0.4, -0.2) is 72.0 Å². The van der Waals surface area contributed by atoms with E-state index in [1.54, 1.807) is 40.1 Å². The Labute approximate surface area is 193 Å². The van der Waals surface area contributed by atoms with Crippen LogP contribution in [0.5, 0.6) is 0 Å². The van der Waals surface area contributed by atoms with Crippen LogP contribution in [0.15, 0.2) is 53.7 Å². The first-order valence-electron chi connectivity index (χ1n) is 10.4. The Balaban J connectivity index is 1.90. The maximum atomic E-state index is 13.2. The molecule has 9 heteroatoms. The number of hydrogen-bond acceptors (Lipinski definition) is 6. The molecule has 0 aliphatic carbocycles. The monoisotopic (exact) mass is 498 g/mol. The predicted octanol–water partition coefficient (Wildman–Crippen LogP) is 0.706. The van der Waals surface area contributed by atoms with Gasteiger partial charge in [-0.05, 0) is 0 Å². The molecule has 4 atom stereocenters. The van der Waals surface area contributed by atoms with Crippen LogP contribution in [0.2, 0.25) is 0 Å². The summed E-state index contributed by atoms with van der Waals surface area (Å²) in [5.74, 6) is -1.13. The van der Waals surface area contributed by atoms with E-state index in [2.05, 4.69) is 10.3 Å². The molecule has 0 saturated heterocycles. The Hall–Kier alpha value is -2.83. The van der Waals surface area contributed by atoms with Gasteiger partial charge in [0.15, 0.2) is 0 Å². The molecular weight excluding hydrogens is 471 g/mol. The van der Waals surface area contributed by atoms with Crippen molar-refractivity contribution in [1.82, 2.24) is 10.3 Å². The van der Waals surface area contributed by atoms with E-state index in [4.69, 9.17) is 4.99 Å². The summed E-state index contributed by atoms with van der Waals surface area (Å²) >= 11 is -1.58. The molecule has 0 radical (unpaired) electrons. The molecule has 2 amide bonds. The Bertz CT molecular complexity index is 1040. The standard InChI is InChI=1S/C23H27AsN4O4/c1-13(2)19(29)22(31)26-14(3)21(30)24-20-23(32)28(4)17-11-6-5-9-15(17)18(27-20)16-10-7-8-12-25-16/h5-14,19-20,24,29H,1-4H3,(H,26,31)/t14-,19?,20?/m0/s1. The van der Waals surface area contributed by atoms with Crippen LogP contribution in [0.3, 0.4) is 0 Å². The molecule has 1 aliphatic heterocycles. The van der Waals surface area contributed by atoms with E-state index in [0.29, 0.717) is 17.1 Å². The van der Waals surface area contributed by atoms with Crippen LogP contribution in [0.4, 0.5) is 5.69 Å². The summed E-state index contributed by atoms with van der Waals surface area (Å²) in [7, 11) is 1.67. The third-order valence-electron chi connectivity index (χ3n) is 5.18. The molecule has 8 nitrogen and oxygen atoms in total. The van der Waals surface area contributed by atoms with Crippen molar-refractivity contribution in [3.05, 3.63) is 59.9 Å². The number of hydrogen-bond donors (Lipinski definition) is 2. The SMILES string of the molecule is CC(C)C(O)C(=O)N[C@@H](C)C(=O)[AsH]C1N=C(c2ccccn2)c2ccccc2N(C)C1=O. The van der Waals surface area contributed by atoms with Gasteiger partial charge in [-0.2, -0.15) is 0 Å². The quantitative estimate of drug-likeness (QED) is 0.547. The number of pyridine rings is 1. The number of likely N-dealkylation sites (N-methyl/N-ethyl adjacent to an activating group) is 1. The summed E-state index contributed by atoms with van der Waals surface area (Å²) < 4.78 is -0.226. The molecule has 32 heavy (non-hydrogen) atoms. The summed E-state index contributed by atoms with van der Waals surface area (Å²) in [4.78, 5) is 48.1. The van der Waals surface area contributed by atoms with Crippen LogP contribution in [0, 0.1) is 5.92 Å². The van der Waals surface area contributed by atoms with Gasteiger partial charge < -0.3 is 0 Å². The zero-order chi connectivity index (χ0) is 23.4. The number of amides is 2. The Morgan fingerprint density at radius 3 is 2.47 bits per heavy atom. The molecule has 2 heterocycles. The van der Waals surface area contributed by atoms with Gasteiger partial charge in [0.05, 0.1) is 0 Å². The number of aliphatic imine (C=N–C) groups is 1. The molecule has 1 aliphatic rings. The van der Waals surface area contributed by atoms with Crippen molar-refractivity contribution in [3.63, 3.8) is 0 Å². The van der Waals surface area contributed by atoms with Gasteiger partial charge in [0, 0.05) is 0 Å². The number of rotatable bonds is 7. The summed E-state index contributed by atoms with van der Waals surface area (Å²) in [5.41, 5.74) is 2.65. The second-order valence-electron chi connectivity index (χ2n) is 7.94. The Morgan fingerprint density at radius 1 is 1.12 bits per heavy atom. The van der Waals surface area contributed by atoms with E-state index < -0.39 is 38.6 Å². The summed E-state index contributed by atoms with van der Waals surface area (Å²) in [6, 6.07) is 12.1. The van der Waals surface area contributed by atoms with E-state index >= 15 is 0 Å². The van der Waals surface area contributed by atoms with Gasteiger partial charge in [-0.25, -0.2) is 0 Å². The minimum atomic E-state index is -1.58. The van der Waals surface area contributed by atoms with Gasteiger partial charge in [-0.1, -0.05) is 0 Å². The van der Waals surface area contributed by atoms with Gasteiger partial charge >= 0.3 is 194 Å². The molecule has 3 rings (SSSR count). The van der Waals surface area contributed by atoms with Crippen molar-refractivity contribution in [1.29, 1.82) is 0 Å². The van der Waals surface area contributed by atoms with Crippen molar-refractivity contribution in [3.8, 4) is 0 Å². The fraction of sp³-hybridized carbons (Fsp3) is 0.348. The molecule has 2 aromatic rings. The molecule has 0 fully saturated rings. The molecule has 3 unspecified atom stereocenters. The third-order valence-corrected chi connectivity index (χ3v) is 8.05. The van der Waals surface area contributed by atoms with Crippen molar-refractivity contribution in [2.75, 3.05) is 11.9 Å². The molecule has 1 aromatic carbocycles. The van der Waals surface area contributed by atoms with Crippen molar-refractivity contribution in [2.24, 2.45) is 10.9 Å². The number of carbonyl (C=O) groups excluding carboxylic acids is 3. The van der Waals surface area contributed by atoms with Gasteiger partial charge in [0.2, 0.25) is 0 Å². The van der Waals surface area contributed by atoms with Crippen LogP contribution >= 0.6 is 0 Å².